The molecule has 2 rings (SSSR count). The number of hydrazine groups is 1. The molecule has 1 aromatic heterocycles. The van der Waals surface area contributed by atoms with Crippen molar-refractivity contribution in [3.8, 4) is 0 Å². The number of nitrogens with two attached hydrogens (primary N) is 1. The molecule has 3 nitrogen and oxygen atoms in total. The van der Waals surface area contributed by atoms with Crippen molar-refractivity contribution in [1.29, 1.82) is 0 Å². The Kier molecular flexibility index (Phi) is 3.17. The molecule has 0 fully saturated rings. The number of nitrogen functional groups attached to an aromatic ring is 1. The minimum absolute atomic E-state index is 0.236. The number of nitrogens with one attached hydrogen (secondary N) is 1. The van der Waals surface area contributed by atoms with Crippen molar-refractivity contribution in [3.05, 3.63) is 34.6 Å². The number of aromatic nitrogens is 1. The molecule has 3 N–H and O–H groups in total. The van der Waals surface area contributed by atoms with E-state index in [0.717, 1.165) is 5.56 Å². The van der Waals surface area contributed by atoms with Gasteiger partial charge in [-0.25, -0.2) is 15.2 Å². The van der Waals surface area contributed by atoms with Crippen molar-refractivity contribution in [1.82, 2.24) is 4.98 Å². The van der Waals surface area contributed by atoms with Crippen molar-refractivity contribution < 1.29 is 4.39 Å². The Balaban J connectivity index is 2.78. The highest BCUT2D eigenvalue weighted by atomic mass is 35.5. The molecule has 5 heteroatoms. The summed E-state index contributed by atoms with van der Waals surface area (Å²) in [6, 6.07) is 4.52. The van der Waals surface area contributed by atoms with Gasteiger partial charge in [0.25, 0.3) is 0 Å². The predicted molar refractivity (Wildman–Crippen MR) is 68.6 cm³/mol. The third-order valence-electron chi connectivity index (χ3n) is 2.62. The molecule has 0 amide bonds. The van der Waals surface area contributed by atoms with E-state index in [1.165, 1.54) is 12.1 Å². The zero-order chi connectivity index (χ0) is 12.6. The minimum atomic E-state index is -0.368. The molecule has 0 saturated heterocycles. The monoisotopic (exact) mass is 253 g/mol. The lowest BCUT2D eigenvalue weighted by Gasteiger charge is -2.13. The van der Waals surface area contributed by atoms with Gasteiger partial charge in [-0.05, 0) is 29.7 Å². The second kappa shape index (κ2) is 4.47. The second-order valence-electron chi connectivity index (χ2n) is 4.18. The van der Waals surface area contributed by atoms with Crippen LogP contribution in [-0.4, -0.2) is 4.98 Å². The summed E-state index contributed by atoms with van der Waals surface area (Å²) < 4.78 is 13.3. The first-order valence-corrected chi connectivity index (χ1v) is 5.67. The molecule has 0 spiro atoms. The number of pyridine rings is 1. The molecule has 0 aliphatic carbocycles. The summed E-state index contributed by atoms with van der Waals surface area (Å²) in [6.07, 6.45) is 0. The summed E-state index contributed by atoms with van der Waals surface area (Å²) in [6.45, 7) is 4.04. The first-order chi connectivity index (χ1) is 8.02. The van der Waals surface area contributed by atoms with Crippen LogP contribution < -0.4 is 11.3 Å². The highest BCUT2D eigenvalue weighted by molar-refractivity contribution is 6.35. The number of hydrogen-bond donors (Lipinski definition) is 2. The van der Waals surface area contributed by atoms with E-state index in [-0.39, 0.29) is 16.8 Å². The van der Waals surface area contributed by atoms with Crippen LogP contribution in [0.15, 0.2) is 18.2 Å². The van der Waals surface area contributed by atoms with Crippen LogP contribution in [0, 0.1) is 5.82 Å². The Morgan fingerprint density at radius 3 is 2.65 bits per heavy atom. The summed E-state index contributed by atoms with van der Waals surface area (Å²) in [7, 11) is 0. The van der Waals surface area contributed by atoms with Crippen LogP contribution in [0.25, 0.3) is 10.9 Å². The third-order valence-corrected chi connectivity index (χ3v) is 2.91. The van der Waals surface area contributed by atoms with Gasteiger partial charge in [-0.3, -0.25) is 0 Å². The number of halogens is 2. The SMILES string of the molecule is CC(C)c1cc2cc(F)cc(Cl)c2nc1NN. The lowest BCUT2D eigenvalue weighted by atomic mass is 10.0. The van der Waals surface area contributed by atoms with Crippen LogP contribution in [0.2, 0.25) is 5.02 Å². The fourth-order valence-electron chi connectivity index (χ4n) is 1.78. The third kappa shape index (κ3) is 2.18. The Hall–Kier alpha value is -1.39. The van der Waals surface area contributed by atoms with Gasteiger partial charge < -0.3 is 5.43 Å². The number of hydrogen-bond acceptors (Lipinski definition) is 3. The van der Waals surface area contributed by atoms with Crippen LogP contribution in [0.3, 0.4) is 0 Å². The quantitative estimate of drug-likeness (QED) is 0.637. The number of nitrogens with zero attached hydrogens (tertiary/aromatic N) is 1. The predicted octanol–water partition coefficient (Wildman–Crippen LogP) is 3.44. The van der Waals surface area contributed by atoms with Gasteiger partial charge in [0.15, 0.2) is 0 Å². The molecule has 0 atom stereocenters. The summed E-state index contributed by atoms with van der Waals surface area (Å²) in [5.41, 5.74) is 4.03. The lowest BCUT2D eigenvalue weighted by Crippen LogP contribution is -2.12. The van der Waals surface area contributed by atoms with E-state index in [2.05, 4.69) is 10.4 Å². The molecular formula is C12H13ClFN3. The molecule has 0 aliphatic rings. The highest BCUT2D eigenvalue weighted by Crippen LogP contribution is 2.30. The van der Waals surface area contributed by atoms with Gasteiger partial charge in [-0.15, -0.1) is 0 Å². The van der Waals surface area contributed by atoms with Gasteiger partial charge in [0.05, 0.1) is 10.5 Å². The van der Waals surface area contributed by atoms with Crippen LogP contribution in [0.5, 0.6) is 0 Å². The van der Waals surface area contributed by atoms with Crippen molar-refractivity contribution in [2.45, 2.75) is 19.8 Å². The van der Waals surface area contributed by atoms with Crippen LogP contribution in [-0.2, 0) is 0 Å². The average molecular weight is 254 g/mol. The minimum Gasteiger partial charge on any atom is -0.308 e. The van der Waals surface area contributed by atoms with Crippen molar-refractivity contribution >= 4 is 28.3 Å². The van der Waals surface area contributed by atoms with E-state index in [0.29, 0.717) is 16.7 Å². The van der Waals surface area contributed by atoms with Gasteiger partial charge in [0, 0.05) is 5.39 Å². The van der Waals surface area contributed by atoms with Gasteiger partial charge in [-0.1, -0.05) is 25.4 Å². The first kappa shape index (κ1) is 12.1. The van der Waals surface area contributed by atoms with E-state index in [9.17, 15) is 4.39 Å². The fraction of sp³-hybridized carbons (Fsp3) is 0.250. The first-order valence-electron chi connectivity index (χ1n) is 5.29. The van der Waals surface area contributed by atoms with E-state index >= 15 is 0 Å². The van der Waals surface area contributed by atoms with E-state index in [1.807, 2.05) is 19.9 Å². The molecule has 2 aromatic rings. The summed E-state index contributed by atoms with van der Waals surface area (Å²) in [5.74, 6) is 5.87. The van der Waals surface area contributed by atoms with Crippen LogP contribution >= 0.6 is 11.6 Å². The summed E-state index contributed by atoms with van der Waals surface area (Å²) >= 11 is 5.95. The van der Waals surface area contributed by atoms with E-state index in [1.54, 1.807) is 0 Å². The van der Waals surface area contributed by atoms with Gasteiger partial charge in [0.2, 0.25) is 0 Å². The highest BCUT2D eigenvalue weighted by Gasteiger charge is 2.12. The van der Waals surface area contributed by atoms with E-state index in [4.69, 9.17) is 17.4 Å². The standard InChI is InChI=1S/C12H13ClFN3/c1-6(2)9-4-7-3-8(14)5-10(13)11(7)16-12(9)17-15/h3-6H,15H2,1-2H3,(H,16,17). The largest absolute Gasteiger partial charge is 0.308 e. The fourth-order valence-corrected chi connectivity index (χ4v) is 2.04. The van der Waals surface area contributed by atoms with Crippen LogP contribution in [0.4, 0.5) is 10.2 Å². The smallest absolute Gasteiger partial charge is 0.144 e. The maximum absolute atomic E-state index is 13.3. The lowest BCUT2D eigenvalue weighted by molar-refractivity contribution is 0.629. The van der Waals surface area contributed by atoms with Gasteiger partial charge in [-0.2, -0.15) is 0 Å². The Morgan fingerprint density at radius 2 is 2.06 bits per heavy atom. The molecular weight excluding hydrogens is 241 g/mol. The van der Waals surface area contributed by atoms with Crippen molar-refractivity contribution in [2.24, 2.45) is 5.84 Å². The molecule has 0 saturated carbocycles. The maximum Gasteiger partial charge on any atom is 0.144 e. The van der Waals surface area contributed by atoms with Gasteiger partial charge >= 0.3 is 0 Å². The zero-order valence-corrected chi connectivity index (χ0v) is 10.3. The Morgan fingerprint density at radius 1 is 1.35 bits per heavy atom. The molecule has 0 aliphatic heterocycles. The Bertz CT molecular complexity index is 569. The normalized spacial score (nSPS) is 11.2. The van der Waals surface area contributed by atoms with Crippen molar-refractivity contribution in [2.75, 3.05) is 5.43 Å². The molecule has 0 unspecified atom stereocenters. The molecule has 1 heterocycles. The molecule has 1 aromatic carbocycles. The number of benzene rings is 1. The van der Waals surface area contributed by atoms with Crippen LogP contribution in [0.1, 0.15) is 25.3 Å². The summed E-state index contributed by atoms with van der Waals surface area (Å²) in [5, 5.41) is 0.963. The molecule has 17 heavy (non-hydrogen) atoms. The number of fused-ring (bicyclic) bond motifs is 1. The molecule has 90 valence electrons. The zero-order valence-electron chi connectivity index (χ0n) is 9.59. The Labute approximate surface area is 104 Å². The molecule has 0 bridgehead atoms. The number of anilines is 1. The van der Waals surface area contributed by atoms with Gasteiger partial charge in [0.1, 0.15) is 11.6 Å². The second-order valence-corrected chi connectivity index (χ2v) is 4.59. The van der Waals surface area contributed by atoms with Crippen molar-refractivity contribution in [3.63, 3.8) is 0 Å². The molecule has 0 radical (unpaired) electrons. The summed E-state index contributed by atoms with van der Waals surface area (Å²) in [4.78, 5) is 4.32. The van der Waals surface area contributed by atoms with E-state index < -0.39 is 0 Å². The topological polar surface area (TPSA) is 50.9 Å². The average Bonchev–Trinajstić information content (AvgIpc) is 2.27. The number of rotatable bonds is 2. The maximum atomic E-state index is 13.3.